The highest BCUT2D eigenvalue weighted by Gasteiger charge is 2.40. The summed E-state index contributed by atoms with van der Waals surface area (Å²) in [4.78, 5) is 0. The first-order valence-corrected chi connectivity index (χ1v) is 15.9. The fourth-order valence-corrected chi connectivity index (χ4v) is 9.46. The highest BCUT2D eigenvalue weighted by molar-refractivity contribution is 7.92. The van der Waals surface area contributed by atoms with E-state index in [-0.39, 0.29) is 22.7 Å². The van der Waals surface area contributed by atoms with Crippen molar-refractivity contribution in [2.45, 2.75) is 153 Å². The summed E-state index contributed by atoms with van der Waals surface area (Å²) in [7, 11) is -3.04. The minimum absolute atomic E-state index is 0.147. The molecule has 4 rings (SSSR count). The van der Waals surface area contributed by atoms with Crippen LogP contribution in [-0.4, -0.2) is 43.3 Å². The lowest BCUT2D eigenvalue weighted by atomic mass is 9.80. The van der Waals surface area contributed by atoms with E-state index in [1.807, 2.05) is 0 Å². The Morgan fingerprint density at radius 1 is 0.455 bits per heavy atom. The van der Waals surface area contributed by atoms with Crippen LogP contribution >= 0.6 is 0 Å². The van der Waals surface area contributed by atoms with E-state index in [0.717, 1.165) is 75.0 Å². The molecule has 6 unspecified atom stereocenters. The standard InChI is InChI=1S/C28H50O4S/c1-19-5-7-25(17-21(19)3)31-23-9-13-27(14-10-23)33(29,30)28-15-11-24(12-16-28)32-26-8-6-20(2)22(4)18-26/h19-28H,5-18H2,1-4H3. The van der Waals surface area contributed by atoms with Crippen LogP contribution < -0.4 is 0 Å². The Bertz CT molecular complexity index is 651. The van der Waals surface area contributed by atoms with Gasteiger partial charge in [-0.05, 0) is 114 Å². The van der Waals surface area contributed by atoms with Crippen LogP contribution in [0.25, 0.3) is 0 Å². The third-order valence-corrected chi connectivity index (χ3v) is 12.8. The minimum Gasteiger partial charge on any atom is -0.375 e. The summed E-state index contributed by atoms with van der Waals surface area (Å²) in [6.07, 6.45) is 15.4. The van der Waals surface area contributed by atoms with Crippen molar-refractivity contribution in [3.63, 3.8) is 0 Å². The van der Waals surface area contributed by atoms with Gasteiger partial charge in [-0.15, -0.1) is 0 Å². The van der Waals surface area contributed by atoms with Gasteiger partial charge in [-0.3, -0.25) is 0 Å². The van der Waals surface area contributed by atoms with Crippen LogP contribution in [0.2, 0.25) is 0 Å². The first kappa shape index (κ1) is 25.9. The van der Waals surface area contributed by atoms with E-state index >= 15 is 0 Å². The number of sulfone groups is 1. The molecule has 4 fully saturated rings. The predicted octanol–water partition coefficient (Wildman–Crippen LogP) is 6.71. The third kappa shape index (κ3) is 6.55. The molecule has 4 nitrogen and oxygen atoms in total. The van der Waals surface area contributed by atoms with Crippen molar-refractivity contribution in [2.75, 3.05) is 0 Å². The van der Waals surface area contributed by atoms with Gasteiger partial charge in [0.25, 0.3) is 0 Å². The van der Waals surface area contributed by atoms with Gasteiger partial charge < -0.3 is 9.47 Å². The molecule has 4 saturated carbocycles. The molecule has 6 atom stereocenters. The molecule has 0 spiro atoms. The van der Waals surface area contributed by atoms with Gasteiger partial charge in [0.05, 0.1) is 34.9 Å². The highest BCUT2D eigenvalue weighted by Crippen LogP contribution is 2.38. The van der Waals surface area contributed by atoms with Crippen molar-refractivity contribution >= 4 is 9.84 Å². The van der Waals surface area contributed by atoms with Crippen LogP contribution in [0.3, 0.4) is 0 Å². The van der Waals surface area contributed by atoms with E-state index in [2.05, 4.69) is 27.7 Å². The molecule has 33 heavy (non-hydrogen) atoms. The van der Waals surface area contributed by atoms with Gasteiger partial charge in [0.1, 0.15) is 0 Å². The smallest absolute Gasteiger partial charge is 0.156 e. The maximum atomic E-state index is 13.4. The first-order chi connectivity index (χ1) is 15.7. The van der Waals surface area contributed by atoms with Gasteiger partial charge in [0.2, 0.25) is 0 Å². The molecule has 0 aromatic carbocycles. The molecule has 0 saturated heterocycles. The summed E-state index contributed by atoms with van der Waals surface area (Å²) in [5.41, 5.74) is 0. The summed E-state index contributed by atoms with van der Waals surface area (Å²) < 4.78 is 39.7. The van der Waals surface area contributed by atoms with E-state index in [0.29, 0.717) is 12.2 Å². The van der Waals surface area contributed by atoms with E-state index in [9.17, 15) is 8.42 Å². The van der Waals surface area contributed by atoms with Gasteiger partial charge in [-0.2, -0.15) is 0 Å². The lowest BCUT2D eigenvalue weighted by molar-refractivity contribution is -0.0606. The Kier molecular flexibility index (Phi) is 8.88. The number of hydrogen-bond donors (Lipinski definition) is 0. The number of rotatable bonds is 6. The normalized spacial score (nSPS) is 45.6. The monoisotopic (exact) mass is 482 g/mol. The van der Waals surface area contributed by atoms with Gasteiger partial charge in [0.15, 0.2) is 9.84 Å². The molecule has 0 heterocycles. The Morgan fingerprint density at radius 3 is 1.12 bits per heavy atom. The van der Waals surface area contributed by atoms with Crippen molar-refractivity contribution in [3.05, 3.63) is 0 Å². The predicted molar refractivity (Wildman–Crippen MR) is 135 cm³/mol. The molecular weight excluding hydrogens is 432 g/mol. The Hall–Kier alpha value is -0.130. The van der Waals surface area contributed by atoms with Gasteiger partial charge in [-0.1, -0.05) is 27.7 Å². The summed E-state index contributed by atoms with van der Waals surface area (Å²) in [5, 5.41) is -0.295. The fourth-order valence-electron chi connectivity index (χ4n) is 7.05. The molecule has 0 N–H and O–H groups in total. The van der Waals surface area contributed by atoms with E-state index < -0.39 is 9.84 Å². The summed E-state index contributed by atoms with van der Waals surface area (Å²) >= 11 is 0. The lowest BCUT2D eigenvalue weighted by Crippen LogP contribution is -2.41. The van der Waals surface area contributed by atoms with Crippen LogP contribution in [-0.2, 0) is 19.3 Å². The number of ether oxygens (including phenoxy) is 2. The topological polar surface area (TPSA) is 52.6 Å². The zero-order valence-corrected chi connectivity index (χ0v) is 22.5. The molecule has 0 aromatic rings. The minimum atomic E-state index is -3.04. The molecule has 0 amide bonds. The molecule has 4 aliphatic rings. The molecule has 0 bridgehead atoms. The molecule has 0 aromatic heterocycles. The zero-order chi connectivity index (χ0) is 23.6. The second-order valence-corrected chi connectivity index (χ2v) is 14.9. The Labute approximate surface area is 203 Å². The molecule has 5 heteroatoms. The second-order valence-electron chi connectivity index (χ2n) is 12.4. The SMILES string of the molecule is CC1CCC(OC2CCC(S(=O)(=O)C3CCC(OC4CCC(C)C(C)C4)CC3)CC2)CC1C. The summed E-state index contributed by atoms with van der Waals surface area (Å²) in [5.74, 6) is 3.09. The van der Waals surface area contributed by atoms with E-state index in [1.54, 1.807) is 0 Å². The van der Waals surface area contributed by atoms with Crippen LogP contribution in [0.5, 0.6) is 0 Å². The molecule has 4 aliphatic carbocycles. The molecular formula is C28H50O4S. The van der Waals surface area contributed by atoms with E-state index in [4.69, 9.17) is 9.47 Å². The van der Waals surface area contributed by atoms with Crippen LogP contribution in [0.1, 0.15) is 118 Å². The van der Waals surface area contributed by atoms with Crippen LogP contribution in [0.4, 0.5) is 0 Å². The fraction of sp³-hybridized carbons (Fsp3) is 1.00. The van der Waals surface area contributed by atoms with Gasteiger partial charge in [0, 0.05) is 0 Å². The Balaban J connectivity index is 1.19. The zero-order valence-electron chi connectivity index (χ0n) is 21.7. The average Bonchev–Trinajstić information content (AvgIpc) is 2.80. The third-order valence-electron chi connectivity index (χ3n) is 10.0. The Morgan fingerprint density at radius 2 is 0.788 bits per heavy atom. The van der Waals surface area contributed by atoms with Crippen molar-refractivity contribution in [1.29, 1.82) is 0 Å². The second kappa shape index (κ2) is 11.3. The lowest BCUT2D eigenvalue weighted by Gasteiger charge is -2.38. The largest absolute Gasteiger partial charge is 0.375 e. The number of hydrogen-bond acceptors (Lipinski definition) is 4. The maximum absolute atomic E-state index is 13.4. The van der Waals surface area contributed by atoms with Crippen molar-refractivity contribution in [1.82, 2.24) is 0 Å². The quantitative estimate of drug-likeness (QED) is 0.422. The van der Waals surface area contributed by atoms with Gasteiger partial charge in [-0.25, -0.2) is 8.42 Å². The van der Waals surface area contributed by atoms with E-state index in [1.165, 1.54) is 38.5 Å². The van der Waals surface area contributed by atoms with Crippen molar-refractivity contribution < 1.29 is 17.9 Å². The highest BCUT2D eigenvalue weighted by atomic mass is 32.2. The van der Waals surface area contributed by atoms with Gasteiger partial charge >= 0.3 is 0 Å². The molecule has 0 radical (unpaired) electrons. The maximum Gasteiger partial charge on any atom is 0.156 e. The summed E-state index contributed by atoms with van der Waals surface area (Å²) in [6, 6.07) is 0. The average molecular weight is 483 g/mol. The van der Waals surface area contributed by atoms with Crippen molar-refractivity contribution in [3.8, 4) is 0 Å². The first-order valence-electron chi connectivity index (χ1n) is 14.3. The molecule has 0 aliphatic heterocycles. The van der Waals surface area contributed by atoms with Crippen LogP contribution in [0, 0.1) is 23.7 Å². The summed E-state index contributed by atoms with van der Waals surface area (Å²) in [6.45, 7) is 9.40. The van der Waals surface area contributed by atoms with Crippen molar-refractivity contribution in [2.24, 2.45) is 23.7 Å². The molecule has 192 valence electrons. The van der Waals surface area contributed by atoms with Crippen LogP contribution in [0.15, 0.2) is 0 Å².